The molecule has 0 amide bonds. The lowest BCUT2D eigenvalue weighted by Crippen LogP contribution is -1.96. The zero-order valence-electron chi connectivity index (χ0n) is 19.2. The molecule has 0 unspecified atom stereocenters. The number of allylic oxidation sites excluding steroid dienone is 2. The maximum Gasteiger partial charge on any atom is 0.169 e. The molecule has 0 N–H and O–H groups in total. The molecule has 0 aliphatic rings. The Morgan fingerprint density at radius 3 is 1.41 bits per heavy atom. The lowest BCUT2D eigenvalue weighted by molar-refractivity contribution is 0.378. The summed E-state index contributed by atoms with van der Waals surface area (Å²) in [6, 6.07) is 30.9. The van der Waals surface area contributed by atoms with Gasteiger partial charge in [-0.05, 0) is 65.2 Å². The number of hydrogen-bond acceptors (Lipinski definition) is 4. The number of rotatable bonds is 9. The molecule has 0 aliphatic carbocycles. The molecule has 0 saturated carbocycles. The van der Waals surface area contributed by atoms with Gasteiger partial charge in [-0.1, -0.05) is 67.3 Å². The van der Waals surface area contributed by atoms with Gasteiger partial charge in [0.1, 0.15) is 11.5 Å². The van der Waals surface area contributed by atoms with E-state index in [1.54, 1.807) is 20.3 Å². The Kier molecular flexibility index (Phi) is 7.31. The van der Waals surface area contributed by atoms with Crippen LogP contribution in [0.5, 0.6) is 34.5 Å². The van der Waals surface area contributed by atoms with Gasteiger partial charge in [0.25, 0.3) is 0 Å². The second-order valence-electron chi connectivity index (χ2n) is 7.38. The minimum absolute atomic E-state index is 0.632. The molecule has 0 fully saturated rings. The molecule has 0 bridgehead atoms. The van der Waals surface area contributed by atoms with Crippen molar-refractivity contribution in [1.29, 1.82) is 0 Å². The van der Waals surface area contributed by atoms with E-state index in [1.165, 1.54) is 0 Å². The van der Waals surface area contributed by atoms with Crippen LogP contribution < -0.4 is 18.9 Å². The first-order valence-corrected chi connectivity index (χ1v) is 10.9. The van der Waals surface area contributed by atoms with Crippen molar-refractivity contribution in [2.75, 3.05) is 14.2 Å². The zero-order chi connectivity index (χ0) is 23.8. The Balaban J connectivity index is 1.66. The van der Waals surface area contributed by atoms with E-state index in [-0.39, 0.29) is 0 Å². The summed E-state index contributed by atoms with van der Waals surface area (Å²) in [5, 5.41) is 0. The predicted octanol–water partition coefficient (Wildman–Crippen LogP) is 7.91. The lowest BCUT2D eigenvalue weighted by Gasteiger charge is -2.16. The fourth-order valence-electron chi connectivity index (χ4n) is 3.55. The Hall–Kier alpha value is -4.44. The molecule has 0 radical (unpaired) electrons. The topological polar surface area (TPSA) is 36.9 Å². The monoisotopic (exact) mass is 450 g/mol. The van der Waals surface area contributed by atoms with E-state index >= 15 is 0 Å². The summed E-state index contributed by atoms with van der Waals surface area (Å²) in [6.07, 6.45) is 3.72. The van der Waals surface area contributed by atoms with Crippen molar-refractivity contribution in [1.82, 2.24) is 0 Å². The van der Waals surface area contributed by atoms with Crippen molar-refractivity contribution < 1.29 is 18.9 Å². The third-order valence-electron chi connectivity index (χ3n) is 5.18. The van der Waals surface area contributed by atoms with E-state index in [0.29, 0.717) is 23.0 Å². The van der Waals surface area contributed by atoms with Crippen molar-refractivity contribution in [3.8, 4) is 34.5 Å². The molecule has 0 aromatic heterocycles. The van der Waals surface area contributed by atoms with E-state index in [9.17, 15) is 0 Å². The van der Waals surface area contributed by atoms with Gasteiger partial charge in [0.15, 0.2) is 23.0 Å². The maximum absolute atomic E-state index is 6.01. The van der Waals surface area contributed by atoms with Crippen molar-refractivity contribution in [2.45, 2.75) is 0 Å². The third kappa shape index (κ3) is 5.30. The van der Waals surface area contributed by atoms with Crippen molar-refractivity contribution >= 4 is 5.57 Å². The van der Waals surface area contributed by atoms with Crippen molar-refractivity contribution in [3.05, 3.63) is 127 Å². The van der Waals surface area contributed by atoms with E-state index < -0.39 is 0 Å². The van der Waals surface area contributed by atoms with Crippen LogP contribution in [0.15, 0.2) is 116 Å². The van der Waals surface area contributed by atoms with E-state index in [2.05, 4.69) is 6.58 Å². The van der Waals surface area contributed by atoms with Crippen LogP contribution in [0.25, 0.3) is 5.57 Å². The fraction of sp³-hybridized carbons (Fsp3) is 0.0667. The Morgan fingerprint density at radius 2 is 1.03 bits per heavy atom. The van der Waals surface area contributed by atoms with E-state index in [0.717, 1.165) is 28.2 Å². The van der Waals surface area contributed by atoms with Crippen LogP contribution in [-0.4, -0.2) is 14.2 Å². The fourth-order valence-corrected chi connectivity index (χ4v) is 3.55. The van der Waals surface area contributed by atoms with Crippen molar-refractivity contribution in [3.63, 3.8) is 0 Å². The first-order chi connectivity index (χ1) is 16.7. The zero-order valence-corrected chi connectivity index (χ0v) is 19.2. The molecular weight excluding hydrogens is 424 g/mol. The molecule has 0 heterocycles. The summed E-state index contributed by atoms with van der Waals surface area (Å²) in [5.41, 5.74) is 2.87. The van der Waals surface area contributed by atoms with E-state index in [4.69, 9.17) is 18.9 Å². The SMILES string of the molecule is C=CC=C(c1ccc(Oc2ccccc2)c(OC)c1)c1ccc(Oc2ccccc2)c(OC)c1. The molecule has 4 nitrogen and oxygen atoms in total. The second-order valence-corrected chi connectivity index (χ2v) is 7.38. The second kappa shape index (κ2) is 10.9. The van der Waals surface area contributed by atoms with Gasteiger partial charge >= 0.3 is 0 Å². The molecule has 4 aromatic carbocycles. The molecule has 4 heteroatoms. The molecule has 4 rings (SSSR count). The molecule has 34 heavy (non-hydrogen) atoms. The molecule has 170 valence electrons. The highest BCUT2D eigenvalue weighted by molar-refractivity contribution is 5.83. The summed E-state index contributed by atoms with van der Waals surface area (Å²) >= 11 is 0. The Bertz CT molecular complexity index is 1180. The Labute approximate surface area is 200 Å². The van der Waals surface area contributed by atoms with Crippen LogP contribution in [0.1, 0.15) is 11.1 Å². The molecule has 0 atom stereocenters. The summed E-state index contributed by atoms with van der Waals surface area (Å²) in [6.45, 7) is 3.90. The van der Waals surface area contributed by atoms with Gasteiger partial charge in [0.05, 0.1) is 14.2 Å². The maximum atomic E-state index is 6.01. The highest BCUT2D eigenvalue weighted by Gasteiger charge is 2.14. The average Bonchev–Trinajstić information content (AvgIpc) is 2.89. The van der Waals surface area contributed by atoms with Crippen LogP contribution in [0, 0.1) is 0 Å². The number of para-hydroxylation sites is 2. The average molecular weight is 451 g/mol. The van der Waals surface area contributed by atoms with Crippen LogP contribution in [0.2, 0.25) is 0 Å². The van der Waals surface area contributed by atoms with Gasteiger partial charge in [0.2, 0.25) is 0 Å². The Morgan fingerprint density at radius 1 is 0.588 bits per heavy atom. The molecule has 0 spiro atoms. The van der Waals surface area contributed by atoms with Gasteiger partial charge in [-0.3, -0.25) is 0 Å². The molecule has 0 saturated heterocycles. The quantitative estimate of drug-likeness (QED) is 0.243. The standard InChI is InChI=1S/C30H26O4/c1-4-11-26(22-16-18-27(29(20-22)31-2)33-24-12-7-5-8-13-24)23-17-19-28(30(21-23)32-3)34-25-14-9-6-10-15-25/h4-21H,1H2,2-3H3. The smallest absolute Gasteiger partial charge is 0.169 e. The van der Waals surface area contributed by atoms with Crippen LogP contribution in [0.3, 0.4) is 0 Å². The first kappa shape index (κ1) is 22.7. The largest absolute Gasteiger partial charge is 0.493 e. The first-order valence-electron chi connectivity index (χ1n) is 10.9. The number of hydrogen-bond donors (Lipinski definition) is 0. The highest BCUT2D eigenvalue weighted by Crippen LogP contribution is 2.38. The van der Waals surface area contributed by atoms with Gasteiger partial charge in [-0.15, -0.1) is 0 Å². The van der Waals surface area contributed by atoms with E-state index in [1.807, 2.05) is 103 Å². The van der Waals surface area contributed by atoms with Crippen molar-refractivity contribution in [2.24, 2.45) is 0 Å². The third-order valence-corrected chi connectivity index (χ3v) is 5.18. The number of methoxy groups -OCH3 is 2. The lowest BCUT2D eigenvalue weighted by atomic mass is 9.96. The minimum Gasteiger partial charge on any atom is -0.493 e. The van der Waals surface area contributed by atoms with Gasteiger partial charge in [0, 0.05) is 0 Å². The summed E-state index contributed by atoms with van der Waals surface area (Å²) < 4.78 is 23.3. The van der Waals surface area contributed by atoms with Crippen LogP contribution in [-0.2, 0) is 0 Å². The van der Waals surface area contributed by atoms with Gasteiger partial charge in [-0.2, -0.15) is 0 Å². The summed E-state index contributed by atoms with van der Waals surface area (Å²) in [4.78, 5) is 0. The predicted molar refractivity (Wildman–Crippen MR) is 136 cm³/mol. The van der Waals surface area contributed by atoms with Gasteiger partial charge in [-0.25, -0.2) is 0 Å². The molecule has 4 aromatic rings. The highest BCUT2D eigenvalue weighted by atomic mass is 16.5. The molecule has 0 aliphatic heterocycles. The minimum atomic E-state index is 0.632. The van der Waals surface area contributed by atoms with Crippen LogP contribution in [0.4, 0.5) is 0 Å². The number of benzene rings is 4. The summed E-state index contributed by atoms with van der Waals surface area (Å²) in [5.74, 6) is 4.03. The van der Waals surface area contributed by atoms with Crippen LogP contribution >= 0.6 is 0 Å². The normalized spacial score (nSPS) is 10.2. The molecular formula is C30H26O4. The number of ether oxygens (including phenoxy) is 4. The summed E-state index contributed by atoms with van der Waals surface area (Å²) in [7, 11) is 3.26. The van der Waals surface area contributed by atoms with Gasteiger partial charge < -0.3 is 18.9 Å².